The van der Waals surface area contributed by atoms with Gasteiger partial charge in [0.1, 0.15) is 11.5 Å². The third-order valence-corrected chi connectivity index (χ3v) is 2.84. The molecule has 0 aliphatic rings. The van der Waals surface area contributed by atoms with E-state index < -0.39 is 0 Å². The average molecular weight is 280 g/mol. The fourth-order valence-corrected chi connectivity index (χ4v) is 1.78. The van der Waals surface area contributed by atoms with E-state index in [0.717, 1.165) is 6.07 Å². The van der Waals surface area contributed by atoms with Gasteiger partial charge in [0, 0.05) is 12.6 Å². The number of hydrogen-bond acceptors (Lipinski definition) is 5. The van der Waals surface area contributed by atoms with Crippen LogP contribution in [0.2, 0.25) is 0 Å². The number of phenols is 2. The van der Waals surface area contributed by atoms with Crippen LogP contribution < -0.4 is 5.32 Å². The standard InChI is InChI=1S/C14H20N2O4/c1-3-15-14(20)9-16(4-2)8-13(19)11-6-5-10(17)7-12(11)18/h5-7,17-18H,3-4,8-9H2,1-2H3,(H,15,20). The van der Waals surface area contributed by atoms with Crippen LogP contribution in [0.3, 0.4) is 0 Å². The number of hydrogen-bond donors (Lipinski definition) is 3. The molecule has 20 heavy (non-hydrogen) atoms. The predicted molar refractivity (Wildman–Crippen MR) is 74.9 cm³/mol. The quantitative estimate of drug-likeness (QED) is 0.641. The van der Waals surface area contributed by atoms with Crippen molar-refractivity contribution >= 4 is 11.7 Å². The van der Waals surface area contributed by atoms with Crippen molar-refractivity contribution in [1.82, 2.24) is 10.2 Å². The van der Waals surface area contributed by atoms with Crippen molar-refractivity contribution in [1.29, 1.82) is 0 Å². The SMILES string of the molecule is CCNC(=O)CN(CC)CC(=O)c1ccc(O)cc1O. The number of likely N-dealkylation sites (N-methyl/N-ethyl adjacent to an activating group) is 2. The van der Waals surface area contributed by atoms with Crippen LogP contribution in [0.5, 0.6) is 11.5 Å². The molecule has 0 radical (unpaired) electrons. The Morgan fingerprint density at radius 3 is 2.45 bits per heavy atom. The molecule has 1 aromatic carbocycles. The van der Waals surface area contributed by atoms with Crippen LogP contribution in [-0.4, -0.2) is 53.0 Å². The Morgan fingerprint density at radius 1 is 1.20 bits per heavy atom. The predicted octanol–water partition coefficient (Wildman–Crippen LogP) is 0.738. The zero-order valence-corrected chi connectivity index (χ0v) is 11.7. The topological polar surface area (TPSA) is 89.9 Å². The molecule has 0 fully saturated rings. The van der Waals surface area contributed by atoms with Crippen molar-refractivity contribution in [2.45, 2.75) is 13.8 Å². The summed E-state index contributed by atoms with van der Waals surface area (Å²) in [5, 5.41) is 21.5. The number of Topliss-reactive ketones (excluding diaryl/α,β-unsaturated/α-hetero) is 1. The molecular formula is C14H20N2O4. The van der Waals surface area contributed by atoms with Gasteiger partial charge in [-0.3, -0.25) is 14.5 Å². The average Bonchev–Trinajstić information content (AvgIpc) is 2.37. The molecule has 6 heteroatoms. The second-order valence-electron chi connectivity index (χ2n) is 4.38. The highest BCUT2D eigenvalue weighted by atomic mass is 16.3. The summed E-state index contributed by atoms with van der Waals surface area (Å²) < 4.78 is 0. The third kappa shape index (κ3) is 4.55. The molecule has 1 rings (SSSR count). The lowest BCUT2D eigenvalue weighted by Crippen LogP contribution is -2.39. The molecule has 0 spiro atoms. The molecule has 0 aliphatic heterocycles. The van der Waals surface area contributed by atoms with E-state index in [9.17, 15) is 19.8 Å². The first kappa shape index (κ1) is 16.0. The first-order valence-electron chi connectivity index (χ1n) is 6.52. The Balaban J connectivity index is 2.69. The van der Waals surface area contributed by atoms with Gasteiger partial charge in [0.05, 0.1) is 18.7 Å². The van der Waals surface area contributed by atoms with Gasteiger partial charge >= 0.3 is 0 Å². The number of carbonyl (C=O) groups is 2. The lowest BCUT2D eigenvalue weighted by Gasteiger charge is -2.19. The maximum Gasteiger partial charge on any atom is 0.234 e. The molecule has 0 heterocycles. The van der Waals surface area contributed by atoms with Crippen LogP contribution in [-0.2, 0) is 4.79 Å². The summed E-state index contributed by atoms with van der Waals surface area (Å²) in [6.07, 6.45) is 0. The van der Waals surface area contributed by atoms with Crippen molar-refractivity contribution < 1.29 is 19.8 Å². The summed E-state index contributed by atoms with van der Waals surface area (Å²) in [5.41, 5.74) is 0.136. The maximum absolute atomic E-state index is 12.1. The molecule has 1 amide bonds. The molecule has 0 saturated carbocycles. The van der Waals surface area contributed by atoms with E-state index in [1.54, 1.807) is 4.90 Å². The zero-order valence-electron chi connectivity index (χ0n) is 11.7. The van der Waals surface area contributed by atoms with Gasteiger partial charge in [-0.2, -0.15) is 0 Å². The molecule has 0 aromatic heterocycles. The highest BCUT2D eigenvalue weighted by Gasteiger charge is 2.16. The number of nitrogens with one attached hydrogen (secondary N) is 1. The molecule has 0 atom stereocenters. The number of aromatic hydroxyl groups is 2. The Hall–Kier alpha value is -2.08. The summed E-state index contributed by atoms with van der Waals surface area (Å²) in [6, 6.07) is 3.83. The van der Waals surface area contributed by atoms with Crippen molar-refractivity contribution in [3.05, 3.63) is 23.8 Å². The second kappa shape index (κ2) is 7.49. The minimum Gasteiger partial charge on any atom is -0.508 e. The molecule has 6 nitrogen and oxygen atoms in total. The van der Waals surface area contributed by atoms with Crippen molar-refractivity contribution in [3.63, 3.8) is 0 Å². The van der Waals surface area contributed by atoms with E-state index in [0.29, 0.717) is 13.1 Å². The lowest BCUT2D eigenvalue weighted by atomic mass is 10.1. The number of amides is 1. The van der Waals surface area contributed by atoms with Gasteiger partial charge in [0.2, 0.25) is 5.91 Å². The molecular weight excluding hydrogens is 260 g/mol. The van der Waals surface area contributed by atoms with Gasteiger partial charge in [-0.25, -0.2) is 0 Å². The van der Waals surface area contributed by atoms with Gasteiger partial charge < -0.3 is 15.5 Å². The van der Waals surface area contributed by atoms with E-state index in [4.69, 9.17) is 0 Å². The number of carbonyl (C=O) groups excluding carboxylic acids is 2. The monoisotopic (exact) mass is 280 g/mol. The first-order valence-corrected chi connectivity index (χ1v) is 6.52. The number of rotatable bonds is 7. The van der Waals surface area contributed by atoms with Gasteiger partial charge in [-0.15, -0.1) is 0 Å². The van der Waals surface area contributed by atoms with Crippen LogP contribution in [0.15, 0.2) is 18.2 Å². The number of nitrogens with zero attached hydrogens (tertiary/aromatic N) is 1. The van der Waals surface area contributed by atoms with Crippen LogP contribution >= 0.6 is 0 Å². The van der Waals surface area contributed by atoms with E-state index in [1.165, 1.54) is 12.1 Å². The maximum atomic E-state index is 12.1. The first-order chi connectivity index (χ1) is 9.47. The minimum atomic E-state index is -0.298. The highest BCUT2D eigenvalue weighted by molar-refractivity contribution is 6.00. The lowest BCUT2D eigenvalue weighted by molar-refractivity contribution is -0.121. The number of ketones is 1. The fourth-order valence-electron chi connectivity index (χ4n) is 1.78. The zero-order chi connectivity index (χ0) is 15.1. The third-order valence-electron chi connectivity index (χ3n) is 2.84. The van der Waals surface area contributed by atoms with Crippen LogP contribution in [0.4, 0.5) is 0 Å². The van der Waals surface area contributed by atoms with E-state index in [2.05, 4.69) is 5.32 Å². The smallest absolute Gasteiger partial charge is 0.234 e. The fraction of sp³-hybridized carbons (Fsp3) is 0.429. The molecule has 0 bridgehead atoms. The van der Waals surface area contributed by atoms with Crippen LogP contribution in [0.25, 0.3) is 0 Å². The molecule has 0 aliphatic carbocycles. The Bertz CT molecular complexity index is 488. The largest absolute Gasteiger partial charge is 0.508 e. The molecule has 1 aromatic rings. The van der Waals surface area contributed by atoms with Crippen molar-refractivity contribution in [3.8, 4) is 11.5 Å². The summed E-state index contributed by atoms with van der Waals surface area (Å²) >= 11 is 0. The molecule has 3 N–H and O–H groups in total. The minimum absolute atomic E-state index is 0.0337. The van der Waals surface area contributed by atoms with Gasteiger partial charge in [0.15, 0.2) is 5.78 Å². The summed E-state index contributed by atoms with van der Waals surface area (Å²) in [4.78, 5) is 25.2. The van der Waals surface area contributed by atoms with Crippen LogP contribution in [0.1, 0.15) is 24.2 Å². The summed E-state index contributed by atoms with van der Waals surface area (Å²) in [6.45, 7) is 4.93. The Labute approximate surface area is 118 Å². The number of benzene rings is 1. The summed E-state index contributed by atoms with van der Waals surface area (Å²) in [5.74, 6) is -0.802. The Kier molecular flexibility index (Phi) is 5.99. The number of phenolic OH excluding ortho intramolecular Hbond substituents is 2. The normalized spacial score (nSPS) is 10.6. The molecule has 0 unspecified atom stereocenters. The van der Waals surface area contributed by atoms with E-state index >= 15 is 0 Å². The van der Waals surface area contributed by atoms with Crippen molar-refractivity contribution in [2.75, 3.05) is 26.2 Å². The summed E-state index contributed by atoms with van der Waals surface area (Å²) in [7, 11) is 0. The van der Waals surface area contributed by atoms with Gasteiger partial charge in [-0.1, -0.05) is 6.92 Å². The van der Waals surface area contributed by atoms with Gasteiger partial charge in [-0.05, 0) is 25.6 Å². The van der Waals surface area contributed by atoms with E-state index in [1.807, 2.05) is 13.8 Å². The van der Waals surface area contributed by atoms with E-state index in [-0.39, 0.29) is 41.8 Å². The second-order valence-corrected chi connectivity index (χ2v) is 4.38. The Morgan fingerprint density at radius 2 is 1.90 bits per heavy atom. The highest BCUT2D eigenvalue weighted by Crippen LogP contribution is 2.23. The molecule has 0 saturated heterocycles. The van der Waals surface area contributed by atoms with Gasteiger partial charge in [0.25, 0.3) is 0 Å². The van der Waals surface area contributed by atoms with Crippen LogP contribution in [0, 0.1) is 0 Å². The molecule has 110 valence electrons. The van der Waals surface area contributed by atoms with Crippen molar-refractivity contribution in [2.24, 2.45) is 0 Å².